The highest BCUT2D eigenvalue weighted by Gasteiger charge is 2.14. The number of hydrogen-bond donors (Lipinski definition) is 2. The second-order valence-electron chi connectivity index (χ2n) is 3.98. The molecule has 0 saturated heterocycles. The van der Waals surface area contributed by atoms with Crippen molar-refractivity contribution in [2.75, 3.05) is 6.54 Å². The van der Waals surface area contributed by atoms with Gasteiger partial charge >= 0.3 is 0 Å². The molecule has 5 nitrogen and oxygen atoms in total. The van der Waals surface area contributed by atoms with Gasteiger partial charge in [-0.2, -0.15) is 0 Å². The molecule has 2 rings (SSSR count). The zero-order chi connectivity index (χ0) is 14.5. The average molecular weight is 312 g/mol. The molecule has 2 N–H and O–H groups in total. The predicted octanol–water partition coefficient (Wildman–Crippen LogP) is 2.25. The van der Waals surface area contributed by atoms with Crippen LogP contribution in [0.2, 0.25) is 10.0 Å². The van der Waals surface area contributed by atoms with Gasteiger partial charge in [-0.15, -0.1) is 0 Å². The van der Waals surface area contributed by atoms with Crippen LogP contribution in [0.5, 0.6) is 0 Å². The summed E-state index contributed by atoms with van der Waals surface area (Å²) in [5, 5.41) is 13.4. The lowest BCUT2D eigenvalue weighted by atomic mass is 10.1. The molecule has 1 amide bonds. The maximum absolute atomic E-state index is 11.7. The van der Waals surface area contributed by atoms with Crippen LogP contribution in [0.3, 0.4) is 0 Å². The van der Waals surface area contributed by atoms with Crippen LogP contribution in [0.15, 0.2) is 36.8 Å². The molecule has 0 spiro atoms. The molecule has 0 aliphatic rings. The highest BCUT2D eigenvalue weighted by atomic mass is 35.5. The Morgan fingerprint density at radius 3 is 2.80 bits per heavy atom. The minimum Gasteiger partial charge on any atom is -0.387 e. The largest absolute Gasteiger partial charge is 0.387 e. The van der Waals surface area contributed by atoms with Gasteiger partial charge in [-0.3, -0.25) is 9.78 Å². The van der Waals surface area contributed by atoms with E-state index in [0.29, 0.717) is 15.6 Å². The lowest BCUT2D eigenvalue weighted by Crippen LogP contribution is -2.29. The van der Waals surface area contributed by atoms with Crippen molar-refractivity contribution in [2.24, 2.45) is 0 Å². The number of halogens is 2. The summed E-state index contributed by atoms with van der Waals surface area (Å²) in [6.45, 7) is 0.0107. The molecule has 0 saturated carbocycles. The maximum Gasteiger partial charge on any atom is 0.271 e. The highest BCUT2D eigenvalue weighted by molar-refractivity contribution is 6.35. The molecule has 0 fully saturated rings. The summed E-state index contributed by atoms with van der Waals surface area (Å²) in [7, 11) is 0. The van der Waals surface area contributed by atoms with Crippen molar-refractivity contribution in [1.29, 1.82) is 0 Å². The summed E-state index contributed by atoms with van der Waals surface area (Å²) in [4.78, 5) is 19.4. The monoisotopic (exact) mass is 311 g/mol. The van der Waals surface area contributed by atoms with Crippen molar-refractivity contribution in [3.05, 3.63) is 58.1 Å². The molecular weight excluding hydrogens is 301 g/mol. The second kappa shape index (κ2) is 6.65. The van der Waals surface area contributed by atoms with Gasteiger partial charge in [-0.25, -0.2) is 4.98 Å². The third kappa shape index (κ3) is 3.66. The molecule has 1 atom stereocenters. The number of aromatic nitrogens is 2. The van der Waals surface area contributed by atoms with Crippen molar-refractivity contribution in [2.45, 2.75) is 6.10 Å². The summed E-state index contributed by atoms with van der Waals surface area (Å²) in [6, 6.07) is 4.77. The number of carbonyl (C=O) groups is 1. The van der Waals surface area contributed by atoms with Gasteiger partial charge in [0.2, 0.25) is 0 Å². The summed E-state index contributed by atoms with van der Waals surface area (Å²) in [6.07, 6.45) is 3.30. The van der Waals surface area contributed by atoms with E-state index in [-0.39, 0.29) is 12.2 Å². The number of nitrogens with zero attached hydrogens (tertiary/aromatic N) is 2. The Labute approximate surface area is 125 Å². The third-order valence-electron chi connectivity index (χ3n) is 2.57. The molecule has 7 heteroatoms. The van der Waals surface area contributed by atoms with Crippen molar-refractivity contribution in [3.63, 3.8) is 0 Å². The number of amides is 1. The van der Waals surface area contributed by atoms with Crippen LogP contribution >= 0.6 is 23.2 Å². The molecular formula is C13H11Cl2N3O2. The van der Waals surface area contributed by atoms with E-state index in [4.69, 9.17) is 23.2 Å². The van der Waals surface area contributed by atoms with Crippen LogP contribution in [0.25, 0.3) is 0 Å². The van der Waals surface area contributed by atoms with Crippen molar-refractivity contribution in [3.8, 4) is 0 Å². The van der Waals surface area contributed by atoms with Crippen LogP contribution in [0, 0.1) is 0 Å². The zero-order valence-corrected chi connectivity index (χ0v) is 11.8. The summed E-state index contributed by atoms with van der Waals surface area (Å²) in [5.41, 5.74) is 0.678. The SMILES string of the molecule is O=C(NCC(O)c1ccc(Cl)cc1Cl)c1cnccn1. The van der Waals surface area contributed by atoms with Gasteiger partial charge in [0.15, 0.2) is 0 Å². The summed E-state index contributed by atoms with van der Waals surface area (Å²) >= 11 is 11.8. The fourth-order valence-corrected chi connectivity index (χ4v) is 2.11. The van der Waals surface area contributed by atoms with Gasteiger partial charge in [0.25, 0.3) is 5.91 Å². The van der Waals surface area contributed by atoms with E-state index in [1.165, 1.54) is 24.7 Å². The zero-order valence-electron chi connectivity index (χ0n) is 10.3. The van der Waals surface area contributed by atoms with Crippen LogP contribution in [0.1, 0.15) is 22.2 Å². The fraction of sp³-hybridized carbons (Fsp3) is 0.154. The molecule has 0 aliphatic heterocycles. The Morgan fingerprint density at radius 1 is 1.35 bits per heavy atom. The van der Waals surface area contributed by atoms with Gasteiger partial charge in [0.1, 0.15) is 5.69 Å². The van der Waals surface area contributed by atoms with E-state index >= 15 is 0 Å². The maximum atomic E-state index is 11.7. The Balaban J connectivity index is 1.98. The van der Waals surface area contributed by atoms with E-state index < -0.39 is 12.0 Å². The Hall–Kier alpha value is -1.69. The smallest absolute Gasteiger partial charge is 0.271 e. The lowest BCUT2D eigenvalue weighted by molar-refractivity contribution is 0.0911. The summed E-state index contributed by atoms with van der Waals surface area (Å²) in [5.74, 6) is -0.415. The standard InChI is InChI=1S/C13H11Cl2N3O2/c14-8-1-2-9(10(15)5-8)12(19)7-18-13(20)11-6-16-3-4-17-11/h1-6,12,19H,7H2,(H,18,20). The lowest BCUT2D eigenvalue weighted by Gasteiger charge is -2.13. The molecule has 20 heavy (non-hydrogen) atoms. The van der Waals surface area contributed by atoms with E-state index in [9.17, 15) is 9.90 Å². The van der Waals surface area contributed by atoms with E-state index in [1.54, 1.807) is 12.1 Å². The first-order valence-corrected chi connectivity index (χ1v) is 6.50. The molecule has 0 aliphatic carbocycles. The van der Waals surface area contributed by atoms with E-state index in [2.05, 4.69) is 15.3 Å². The molecule has 1 unspecified atom stereocenters. The normalized spacial score (nSPS) is 11.9. The van der Waals surface area contributed by atoms with Crippen molar-refractivity contribution >= 4 is 29.1 Å². The first-order valence-electron chi connectivity index (χ1n) is 5.75. The number of aliphatic hydroxyl groups excluding tert-OH is 1. The van der Waals surface area contributed by atoms with Gasteiger partial charge in [-0.05, 0) is 12.1 Å². The molecule has 2 aromatic rings. The van der Waals surface area contributed by atoms with Crippen molar-refractivity contribution < 1.29 is 9.90 Å². The first-order chi connectivity index (χ1) is 9.58. The van der Waals surface area contributed by atoms with Gasteiger partial charge in [0.05, 0.1) is 12.3 Å². The second-order valence-corrected chi connectivity index (χ2v) is 4.83. The van der Waals surface area contributed by atoms with Crippen LogP contribution in [0.4, 0.5) is 0 Å². The molecule has 1 aromatic heterocycles. The minimum absolute atomic E-state index is 0.0107. The molecule has 0 radical (unpaired) electrons. The van der Waals surface area contributed by atoms with Crippen LogP contribution in [-0.2, 0) is 0 Å². The average Bonchev–Trinajstić information content (AvgIpc) is 2.45. The van der Waals surface area contributed by atoms with E-state index in [0.717, 1.165) is 0 Å². The predicted molar refractivity (Wildman–Crippen MR) is 75.8 cm³/mol. The topological polar surface area (TPSA) is 75.1 Å². The number of hydrogen-bond acceptors (Lipinski definition) is 4. The molecule has 1 heterocycles. The van der Waals surface area contributed by atoms with Crippen LogP contribution < -0.4 is 5.32 Å². The number of nitrogens with one attached hydrogen (secondary N) is 1. The highest BCUT2D eigenvalue weighted by Crippen LogP contribution is 2.25. The Morgan fingerprint density at radius 2 is 2.15 bits per heavy atom. The molecule has 104 valence electrons. The fourth-order valence-electron chi connectivity index (χ4n) is 1.58. The van der Waals surface area contributed by atoms with Gasteiger partial charge < -0.3 is 10.4 Å². The molecule has 0 bridgehead atoms. The molecule has 1 aromatic carbocycles. The van der Waals surface area contributed by atoms with Crippen molar-refractivity contribution in [1.82, 2.24) is 15.3 Å². The number of benzene rings is 1. The minimum atomic E-state index is -0.930. The Bertz CT molecular complexity index is 608. The van der Waals surface area contributed by atoms with E-state index in [1.807, 2.05) is 0 Å². The number of aliphatic hydroxyl groups is 1. The quantitative estimate of drug-likeness (QED) is 0.908. The Kier molecular flexibility index (Phi) is 4.89. The van der Waals surface area contributed by atoms with Gasteiger partial charge in [0, 0.05) is 34.5 Å². The number of rotatable bonds is 4. The third-order valence-corrected chi connectivity index (χ3v) is 3.14. The number of carbonyl (C=O) groups excluding carboxylic acids is 1. The van der Waals surface area contributed by atoms with Gasteiger partial charge in [-0.1, -0.05) is 29.3 Å². The summed E-state index contributed by atoms with van der Waals surface area (Å²) < 4.78 is 0. The van der Waals surface area contributed by atoms with Crippen LogP contribution in [-0.4, -0.2) is 27.5 Å². The first kappa shape index (κ1) is 14.7.